The van der Waals surface area contributed by atoms with E-state index in [-0.39, 0.29) is 24.7 Å². The van der Waals surface area contributed by atoms with Gasteiger partial charge < -0.3 is 14.7 Å². The van der Waals surface area contributed by atoms with Gasteiger partial charge in [-0.15, -0.1) is 0 Å². The van der Waals surface area contributed by atoms with Crippen LogP contribution in [0.2, 0.25) is 0 Å². The lowest BCUT2D eigenvalue weighted by Gasteiger charge is -2.36. The van der Waals surface area contributed by atoms with E-state index in [0.29, 0.717) is 13.1 Å². The molecule has 1 aromatic rings. The topological polar surface area (TPSA) is 49.8 Å². The van der Waals surface area contributed by atoms with Gasteiger partial charge in [-0.2, -0.15) is 0 Å². The van der Waals surface area contributed by atoms with E-state index in [9.17, 15) is 4.79 Å². The van der Waals surface area contributed by atoms with Gasteiger partial charge >= 0.3 is 0 Å². The quantitative estimate of drug-likeness (QED) is 0.751. The van der Waals surface area contributed by atoms with E-state index in [2.05, 4.69) is 12.1 Å². The van der Waals surface area contributed by atoms with Gasteiger partial charge in [-0.1, -0.05) is 49.6 Å². The van der Waals surface area contributed by atoms with Crippen molar-refractivity contribution in [3.8, 4) is 0 Å². The van der Waals surface area contributed by atoms with Gasteiger partial charge in [-0.05, 0) is 25.3 Å². The van der Waals surface area contributed by atoms with Crippen LogP contribution in [-0.4, -0.2) is 41.3 Å². The molecular formula is C18H27NO3. The molecule has 1 fully saturated rings. The number of amides is 1. The van der Waals surface area contributed by atoms with Crippen LogP contribution in [0.4, 0.5) is 0 Å². The van der Waals surface area contributed by atoms with E-state index in [4.69, 9.17) is 9.84 Å². The zero-order valence-electron chi connectivity index (χ0n) is 13.4. The zero-order chi connectivity index (χ0) is 15.8. The van der Waals surface area contributed by atoms with Crippen molar-refractivity contribution >= 4 is 5.91 Å². The van der Waals surface area contributed by atoms with Crippen LogP contribution < -0.4 is 0 Å². The van der Waals surface area contributed by atoms with Gasteiger partial charge in [0.15, 0.2) is 0 Å². The number of unbranched alkanes of at least 4 members (excludes halogenated alkanes) is 3. The Morgan fingerprint density at radius 3 is 2.64 bits per heavy atom. The molecule has 1 amide bonds. The Balaban J connectivity index is 1.83. The van der Waals surface area contributed by atoms with Crippen molar-refractivity contribution in [1.29, 1.82) is 0 Å². The molecule has 4 nitrogen and oxygen atoms in total. The fourth-order valence-electron chi connectivity index (χ4n) is 2.93. The van der Waals surface area contributed by atoms with Crippen LogP contribution in [0, 0.1) is 0 Å². The number of carbonyl (C=O) groups is 1. The molecule has 122 valence electrons. The summed E-state index contributed by atoms with van der Waals surface area (Å²) in [7, 11) is 0. The second-order valence-electron chi connectivity index (χ2n) is 6.03. The Labute approximate surface area is 133 Å². The lowest BCUT2D eigenvalue weighted by molar-refractivity contribution is -0.161. The van der Waals surface area contributed by atoms with Crippen molar-refractivity contribution in [2.24, 2.45) is 0 Å². The predicted molar refractivity (Wildman–Crippen MR) is 86.4 cm³/mol. The maximum atomic E-state index is 12.3. The van der Waals surface area contributed by atoms with Gasteiger partial charge in [0.05, 0.1) is 6.10 Å². The van der Waals surface area contributed by atoms with Gasteiger partial charge in [0.1, 0.15) is 6.10 Å². The first-order chi connectivity index (χ1) is 10.7. The molecule has 1 aliphatic rings. The highest BCUT2D eigenvalue weighted by molar-refractivity contribution is 5.81. The molecule has 22 heavy (non-hydrogen) atoms. The SMILES string of the molecule is CC1OC(CCCCCCO)CN(Cc2ccccc2)C1=O. The summed E-state index contributed by atoms with van der Waals surface area (Å²) in [5.74, 6) is 0.0837. The van der Waals surface area contributed by atoms with E-state index in [1.54, 1.807) is 0 Å². The minimum Gasteiger partial charge on any atom is -0.396 e. The number of morpholine rings is 1. The summed E-state index contributed by atoms with van der Waals surface area (Å²) in [4.78, 5) is 14.2. The summed E-state index contributed by atoms with van der Waals surface area (Å²) >= 11 is 0. The fraction of sp³-hybridized carbons (Fsp3) is 0.611. The summed E-state index contributed by atoms with van der Waals surface area (Å²) in [6.07, 6.45) is 4.90. The monoisotopic (exact) mass is 305 g/mol. The van der Waals surface area contributed by atoms with Crippen LogP contribution in [0.25, 0.3) is 0 Å². The number of ether oxygens (including phenoxy) is 1. The molecule has 1 saturated heterocycles. The second kappa shape index (κ2) is 8.91. The first-order valence-electron chi connectivity index (χ1n) is 8.29. The summed E-state index contributed by atoms with van der Waals surface area (Å²) in [6.45, 7) is 3.46. The average molecular weight is 305 g/mol. The standard InChI is InChI=1S/C18H27NO3/c1-15-18(21)19(13-16-9-5-4-6-10-16)14-17(22-15)11-7-2-3-8-12-20/h4-6,9-10,15,17,20H,2-3,7-8,11-14H2,1H3. The Morgan fingerprint density at radius 1 is 1.18 bits per heavy atom. The molecule has 0 saturated carbocycles. The van der Waals surface area contributed by atoms with Crippen molar-refractivity contribution in [3.05, 3.63) is 35.9 Å². The molecule has 0 aromatic heterocycles. The van der Waals surface area contributed by atoms with E-state index < -0.39 is 0 Å². The summed E-state index contributed by atoms with van der Waals surface area (Å²) in [6, 6.07) is 10.1. The summed E-state index contributed by atoms with van der Waals surface area (Å²) in [5, 5.41) is 8.78. The first kappa shape index (κ1) is 17.0. The lowest BCUT2D eigenvalue weighted by Crippen LogP contribution is -2.50. The van der Waals surface area contributed by atoms with Crippen LogP contribution in [0.15, 0.2) is 30.3 Å². The third-order valence-electron chi connectivity index (χ3n) is 4.13. The molecule has 1 N–H and O–H groups in total. The number of carbonyl (C=O) groups excluding carboxylic acids is 1. The number of hydrogen-bond donors (Lipinski definition) is 1. The highest BCUT2D eigenvalue weighted by atomic mass is 16.5. The van der Waals surface area contributed by atoms with Crippen LogP contribution in [0.1, 0.15) is 44.6 Å². The maximum absolute atomic E-state index is 12.3. The fourth-order valence-corrected chi connectivity index (χ4v) is 2.93. The minimum absolute atomic E-state index is 0.0837. The van der Waals surface area contributed by atoms with Crippen molar-refractivity contribution in [3.63, 3.8) is 0 Å². The molecule has 2 rings (SSSR count). The molecular weight excluding hydrogens is 278 g/mol. The van der Waals surface area contributed by atoms with Crippen molar-refractivity contribution in [2.45, 2.75) is 57.8 Å². The number of rotatable bonds is 8. The molecule has 0 spiro atoms. The molecule has 1 aliphatic heterocycles. The zero-order valence-corrected chi connectivity index (χ0v) is 13.4. The van der Waals surface area contributed by atoms with Gasteiger partial charge in [-0.3, -0.25) is 4.79 Å². The van der Waals surface area contributed by atoms with Crippen molar-refractivity contribution < 1.29 is 14.6 Å². The number of aliphatic hydroxyl groups excluding tert-OH is 1. The number of aliphatic hydroxyl groups is 1. The van der Waals surface area contributed by atoms with E-state index >= 15 is 0 Å². The predicted octanol–water partition coefficient (Wildman–Crippen LogP) is 2.75. The third kappa shape index (κ3) is 5.11. The van der Waals surface area contributed by atoms with Crippen LogP contribution in [-0.2, 0) is 16.1 Å². The highest BCUT2D eigenvalue weighted by Crippen LogP contribution is 2.19. The van der Waals surface area contributed by atoms with Crippen LogP contribution in [0.3, 0.4) is 0 Å². The second-order valence-corrected chi connectivity index (χ2v) is 6.03. The van der Waals surface area contributed by atoms with E-state index in [0.717, 1.165) is 37.7 Å². The van der Waals surface area contributed by atoms with Gasteiger partial charge in [0.2, 0.25) is 0 Å². The Bertz CT molecular complexity index is 449. The Morgan fingerprint density at radius 2 is 1.91 bits per heavy atom. The minimum atomic E-state index is -0.347. The highest BCUT2D eigenvalue weighted by Gasteiger charge is 2.31. The number of hydrogen-bond acceptors (Lipinski definition) is 3. The summed E-state index contributed by atoms with van der Waals surface area (Å²) < 4.78 is 5.83. The third-order valence-corrected chi connectivity index (χ3v) is 4.13. The molecule has 1 aromatic carbocycles. The van der Waals surface area contributed by atoms with Gasteiger partial charge in [0.25, 0.3) is 5.91 Å². The molecule has 2 unspecified atom stereocenters. The molecule has 0 radical (unpaired) electrons. The van der Waals surface area contributed by atoms with E-state index in [1.807, 2.05) is 30.0 Å². The lowest BCUT2D eigenvalue weighted by atomic mass is 10.1. The van der Waals surface area contributed by atoms with Crippen molar-refractivity contribution in [2.75, 3.05) is 13.2 Å². The Kier molecular flexibility index (Phi) is 6.87. The molecule has 1 heterocycles. The van der Waals surface area contributed by atoms with Crippen LogP contribution in [0.5, 0.6) is 0 Å². The van der Waals surface area contributed by atoms with E-state index in [1.165, 1.54) is 0 Å². The molecule has 4 heteroatoms. The van der Waals surface area contributed by atoms with Gasteiger partial charge in [-0.25, -0.2) is 0 Å². The smallest absolute Gasteiger partial charge is 0.251 e. The van der Waals surface area contributed by atoms with Crippen molar-refractivity contribution in [1.82, 2.24) is 4.90 Å². The normalized spacial score (nSPS) is 22.1. The van der Waals surface area contributed by atoms with Gasteiger partial charge in [0, 0.05) is 19.7 Å². The number of nitrogens with zero attached hydrogens (tertiary/aromatic N) is 1. The maximum Gasteiger partial charge on any atom is 0.251 e. The van der Waals surface area contributed by atoms with Crippen LogP contribution >= 0.6 is 0 Å². The molecule has 0 bridgehead atoms. The first-order valence-corrected chi connectivity index (χ1v) is 8.29. The number of benzene rings is 1. The molecule has 0 aliphatic carbocycles. The summed E-state index contributed by atoms with van der Waals surface area (Å²) in [5.41, 5.74) is 1.16. The Hall–Kier alpha value is -1.39. The average Bonchev–Trinajstić information content (AvgIpc) is 2.53. The molecule has 2 atom stereocenters. The largest absolute Gasteiger partial charge is 0.396 e.